The highest BCUT2D eigenvalue weighted by atomic mass is 79.9. The van der Waals surface area contributed by atoms with E-state index in [0.717, 1.165) is 49.5 Å². The average Bonchev–Trinajstić information content (AvgIpc) is 2.85. The van der Waals surface area contributed by atoms with Crippen molar-refractivity contribution in [1.82, 2.24) is 9.97 Å². The largest absolute Gasteiger partial charge is 0.228 e. The Morgan fingerprint density at radius 1 is 0.419 bits per heavy atom. The van der Waals surface area contributed by atoms with Crippen LogP contribution in [0.5, 0.6) is 0 Å². The molecule has 0 unspecified atom stereocenters. The van der Waals surface area contributed by atoms with Gasteiger partial charge in [0.1, 0.15) is 0 Å². The van der Waals surface area contributed by atoms with E-state index in [-0.39, 0.29) is 0 Å². The molecule has 3 heteroatoms. The Bertz CT molecular complexity index is 1270. The third-order valence-electron chi connectivity index (χ3n) is 5.14. The summed E-state index contributed by atoms with van der Waals surface area (Å²) in [7, 11) is 0. The topological polar surface area (TPSA) is 25.8 Å². The van der Waals surface area contributed by atoms with Gasteiger partial charge in [-0.3, -0.25) is 0 Å². The van der Waals surface area contributed by atoms with Crippen LogP contribution >= 0.6 is 15.9 Å². The minimum Gasteiger partial charge on any atom is -0.228 e. The van der Waals surface area contributed by atoms with Gasteiger partial charge in [-0.2, -0.15) is 0 Å². The molecular formula is C28H19BrN2. The molecule has 0 spiro atoms. The predicted molar refractivity (Wildman–Crippen MR) is 131 cm³/mol. The van der Waals surface area contributed by atoms with E-state index in [9.17, 15) is 0 Å². The molecule has 0 aliphatic carbocycles. The average molecular weight is 463 g/mol. The minimum atomic E-state index is 0.727. The molecule has 0 aliphatic heterocycles. The van der Waals surface area contributed by atoms with Crippen molar-refractivity contribution in [1.29, 1.82) is 0 Å². The lowest BCUT2D eigenvalue weighted by atomic mass is 10.0. The van der Waals surface area contributed by atoms with Gasteiger partial charge in [0.25, 0.3) is 0 Å². The first-order valence-corrected chi connectivity index (χ1v) is 10.9. The zero-order valence-electron chi connectivity index (χ0n) is 16.7. The molecule has 0 saturated heterocycles. The monoisotopic (exact) mass is 462 g/mol. The molecule has 0 fully saturated rings. The van der Waals surface area contributed by atoms with Crippen LogP contribution < -0.4 is 0 Å². The molecular weight excluding hydrogens is 444 g/mol. The number of hydrogen-bond acceptors (Lipinski definition) is 2. The fraction of sp³-hybridized carbons (Fsp3) is 0. The lowest BCUT2D eigenvalue weighted by molar-refractivity contribution is 1.18. The van der Waals surface area contributed by atoms with Crippen LogP contribution in [0.15, 0.2) is 120 Å². The normalized spacial score (nSPS) is 10.7. The maximum atomic E-state index is 4.93. The lowest BCUT2D eigenvalue weighted by Gasteiger charge is -2.10. The molecule has 0 atom stereocenters. The summed E-state index contributed by atoms with van der Waals surface area (Å²) in [5.41, 5.74) is 7.28. The van der Waals surface area contributed by atoms with Gasteiger partial charge in [-0.15, -0.1) is 0 Å². The van der Waals surface area contributed by atoms with Gasteiger partial charge in [0, 0.05) is 21.2 Å². The van der Waals surface area contributed by atoms with Crippen molar-refractivity contribution in [3.05, 3.63) is 120 Å². The SMILES string of the molecule is Brc1cccc(-c2cccc(-c3cc(-c4ccccc4)nc(-c4ccccc4)n3)c2)c1. The van der Waals surface area contributed by atoms with E-state index >= 15 is 0 Å². The molecule has 0 radical (unpaired) electrons. The Balaban J connectivity index is 1.66. The fourth-order valence-electron chi connectivity index (χ4n) is 3.59. The molecule has 0 saturated carbocycles. The number of benzene rings is 4. The van der Waals surface area contributed by atoms with Crippen molar-refractivity contribution in [2.45, 2.75) is 0 Å². The molecule has 0 aliphatic rings. The Labute approximate surface area is 190 Å². The number of aromatic nitrogens is 2. The molecule has 5 aromatic rings. The van der Waals surface area contributed by atoms with Crippen LogP contribution in [0.4, 0.5) is 0 Å². The zero-order valence-corrected chi connectivity index (χ0v) is 18.3. The fourth-order valence-corrected chi connectivity index (χ4v) is 3.99. The van der Waals surface area contributed by atoms with Crippen molar-refractivity contribution in [2.24, 2.45) is 0 Å². The summed E-state index contributed by atoms with van der Waals surface area (Å²) in [6.07, 6.45) is 0. The number of hydrogen-bond donors (Lipinski definition) is 0. The van der Waals surface area contributed by atoms with Crippen molar-refractivity contribution in [2.75, 3.05) is 0 Å². The molecule has 0 amide bonds. The van der Waals surface area contributed by atoms with Crippen LogP contribution in [-0.2, 0) is 0 Å². The van der Waals surface area contributed by atoms with Crippen LogP contribution in [0.2, 0.25) is 0 Å². The van der Waals surface area contributed by atoms with Crippen molar-refractivity contribution in [3.8, 4) is 45.0 Å². The van der Waals surface area contributed by atoms with Crippen LogP contribution in [0.1, 0.15) is 0 Å². The summed E-state index contributed by atoms with van der Waals surface area (Å²) in [6, 6.07) is 39.3. The second-order valence-corrected chi connectivity index (χ2v) is 8.20. The lowest BCUT2D eigenvalue weighted by Crippen LogP contribution is -1.96. The van der Waals surface area contributed by atoms with Gasteiger partial charge in [0.05, 0.1) is 11.4 Å². The molecule has 1 aromatic heterocycles. The van der Waals surface area contributed by atoms with Gasteiger partial charge in [0.15, 0.2) is 5.82 Å². The van der Waals surface area contributed by atoms with Gasteiger partial charge in [-0.1, -0.05) is 107 Å². The molecule has 0 bridgehead atoms. The third kappa shape index (κ3) is 4.32. The van der Waals surface area contributed by atoms with E-state index in [2.05, 4.69) is 76.6 Å². The van der Waals surface area contributed by atoms with Gasteiger partial charge in [0.2, 0.25) is 0 Å². The minimum absolute atomic E-state index is 0.727. The molecule has 31 heavy (non-hydrogen) atoms. The Hall–Kier alpha value is -3.56. The number of halogens is 1. The molecule has 2 nitrogen and oxygen atoms in total. The molecule has 148 valence electrons. The van der Waals surface area contributed by atoms with Crippen LogP contribution in [0.25, 0.3) is 45.0 Å². The maximum absolute atomic E-state index is 4.93. The zero-order chi connectivity index (χ0) is 21.0. The maximum Gasteiger partial charge on any atom is 0.160 e. The van der Waals surface area contributed by atoms with Crippen molar-refractivity contribution < 1.29 is 0 Å². The van der Waals surface area contributed by atoms with Crippen LogP contribution in [0, 0.1) is 0 Å². The molecule has 1 heterocycles. The second kappa shape index (κ2) is 8.66. The summed E-state index contributed by atoms with van der Waals surface area (Å²) in [5, 5.41) is 0. The van der Waals surface area contributed by atoms with E-state index in [0.29, 0.717) is 0 Å². The second-order valence-electron chi connectivity index (χ2n) is 7.29. The van der Waals surface area contributed by atoms with E-state index < -0.39 is 0 Å². The highest BCUT2D eigenvalue weighted by Gasteiger charge is 2.11. The van der Waals surface area contributed by atoms with E-state index in [1.807, 2.05) is 54.6 Å². The predicted octanol–water partition coefficient (Wildman–Crippen LogP) is 7.91. The van der Waals surface area contributed by atoms with E-state index in [4.69, 9.17) is 9.97 Å². The molecule has 5 rings (SSSR count). The smallest absolute Gasteiger partial charge is 0.160 e. The Morgan fingerprint density at radius 3 is 1.61 bits per heavy atom. The first-order chi connectivity index (χ1) is 15.3. The molecule has 0 N–H and O–H groups in total. The highest BCUT2D eigenvalue weighted by Crippen LogP contribution is 2.30. The summed E-state index contributed by atoms with van der Waals surface area (Å²) < 4.78 is 1.06. The van der Waals surface area contributed by atoms with Crippen molar-refractivity contribution in [3.63, 3.8) is 0 Å². The van der Waals surface area contributed by atoms with Crippen LogP contribution in [0.3, 0.4) is 0 Å². The summed E-state index contributed by atoms with van der Waals surface area (Å²) in [5.74, 6) is 0.727. The van der Waals surface area contributed by atoms with Gasteiger partial charge < -0.3 is 0 Å². The van der Waals surface area contributed by atoms with Gasteiger partial charge in [-0.25, -0.2) is 9.97 Å². The highest BCUT2D eigenvalue weighted by molar-refractivity contribution is 9.10. The van der Waals surface area contributed by atoms with Crippen LogP contribution in [-0.4, -0.2) is 9.97 Å². The van der Waals surface area contributed by atoms with Gasteiger partial charge in [-0.05, 0) is 35.4 Å². The summed E-state index contributed by atoms with van der Waals surface area (Å²) in [4.78, 5) is 9.81. The first kappa shape index (κ1) is 19.4. The Morgan fingerprint density at radius 2 is 0.935 bits per heavy atom. The van der Waals surface area contributed by atoms with Crippen molar-refractivity contribution >= 4 is 15.9 Å². The third-order valence-corrected chi connectivity index (χ3v) is 5.64. The Kier molecular flexibility index (Phi) is 5.42. The first-order valence-electron chi connectivity index (χ1n) is 10.1. The molecule has 4 aromatic carbocycles. The van der Waals surface area contributed by atoms with E-state index in [1.54, 1.807) is 0 Å². The standard InChI is InChI=1S/C28H19BrN2/c29-25-16-8-14-23(18-25)22-13-7-15-24(17-22)27-19-26(20-9-3-1-4-10-20)30-28(31-27)21-11-5-2-6-12-21/h1-19H. The number of nitrogens with zero attached hydrogens (tertiary/aromatic N) is 2. The van der Waals surface area contributed by atoms with Gasteiger partial charge >= 0.3 is 0 Å². The summed E-state index contributed by atoms with van der Waals surface area (Å²) in [6.45, 7) is 0. The quantitative estimate of drug-likeness (QED) is 0.271. The number of rotatable bonds is 4. The van der Waals surface area contributed by atoms with E-state index in [1.165, 1.54) is 0 Å². The summed E-state index contributed by atoms with van der Waals surface area (Å²) >= 11 is 3.57.